The highest BCUT2D eigenvalue weighted by Crippen LogP contribution is 1.84. The monoisotopic (exact) mass is 232 g/mol. The summed E-state index contributed by atoms with van der Waals surface area (Å²) in [6.07, 6.45) is 0. The van der Waals surface area contributed by atoms with Crippen LogP contribution in [0.3, 0.4) is 0 Å². The first-order valence-corrected chi connectivity index (χ1v) is 5.65. The molecule has 0 aromatic heterocycles. The number of methoxy groups -OCH3 is 1. The van der Waals surface area contributed by atoms with Gasteiger partial charge in [0.1, 0.15) is 6.61 Å². The summed E-state index contributed by atoms with van der Waals surface area (Å²) in [7, 11) is 1.61. The molecular weight excluding hydrogens is 208 g/mol. The van der Waals surface area contributed by atoms with E-state index >= 15 is 0 Å². The zero-order chi connectivity index (χ0) is 12.4. The van der Waals surface area contributed by atoms with Crippen LogP contribution in [0.25, 0.3) is 0 Å². The van der Waals surface area contributed by atoms with Gasteiger partial charge in [-0.2, -0.15) is 0 Å². The minimum atomic E-state index is -0.103. The highest BCUT2D eigenvalue weighted by molar-refractivity contribution is 5.77. The van der Waals surface area contributed by atoms with Gasteiger partial charge in [0.05, 0.1) is 13.2 Å². The number of hydrogen-bond acceptors (Lipinski definition) is 4. The molecule has 1 unspecified atom stereocenters. The second-order valence-electron chi connectivity index (χ2n) is 4.09. The van der Waals surface area contributed by atoms with Gasteiger partial charge in [-0.25, -0.2) is 0 Å². The molecule has 0 heterocycles. The lowest BCUT2D eigenvalue weighted by molar-refractivity contribution is -0.126. The number of carbonyl (C=O) groups is 1. The van der Waals surface area contributed by atoms with Gasteiger partial charge >= 0.3 is 0 Å². The Morgan fingerprint density at radius 1 is 1.31 bits per heavy atom. The van der Waals surface area contributed by atoms with Crippen molar-refractivity contribution >= 4 is 5.91 Å². The third-order valence-corrected chi connectivity index (χ3v) is 1.86. The van der Waals surface area contributed by atoms with Crippen molar-refractivity contribution in [3.05, 3.63) is 0 Å². The summed E-state index contributed by atoms with van der Waals surface area (Å²) in [5, 5.41) is 5.97. The molecule has 96 valence electrons. The summed E-state index contributed by atoms with van der Waals surface area (Å²) in [6, 6.07) is 0.467. The first-order chi connectivity index (χ1) is 7.56. The van der Waals surface area contributed by atoms with Crippen LogP contribution in [-0.4, -0.2) is 51.5 Å². The molecule has 0 aliphatic heterocycles. The number of ether oxygens (including phenoxy) is 2. The average Bonchev–Trinajstić information content (AvgIpc) is 2.16. The van der Waals surface area contributed by atoms with Crippen LogP contribution >= 0.6 is 0 Å². The fraction of sp³-hybridized carbons (Fsp3) is 0.909. The molecule has 0 fully saturated rings. The molecule has 0 spiro atoms. The molecule has 0 aromatic rings. The molecule has 5 nitrogen and oxygen atoms in total. The van der Waals surface area contributed by atoms with E-state index in [2.05, 4.69) is 24.5 Å². The van der Waals surface area contributed by atoms with Crippen molar-refractivity contribution in [1.29, 1.82) is 0 Å². The van der Waals surface area contributed by atoms with Gasteiger partial charge in [0.25, 0.3) is 0 Å². The number of amides is 1. The second-order valence-corrected chi connectivity index (χ2v) is 4.09. The summed E-state index contributed by atoms with van der Waals surface area (Å²) < 4.78 is 10.1. The molecule has 1 amide bonds. The molecule has 0 rings (SSSR count). The third-order valence-electron chi connectivity index (χ3n) is 1.86. The summed E-state index contributed by atoms with van der Waals surface area (Å²) in [5.74, 6) is -0.103. The Balaban J connectivity index is 3.36. The minimum Gasteiger partial charge on any atom is -0.383 e. The Hall–Kier alpha value is -0.650. The van der Waals surface area contributed by atoms with Crippen molar-refractivity contribution < 1.29 is 14.3 Å². The molecule has 1 atom stereocenters. The lowest BCUT2D eigenvalue weighted by Crippen LogP contribution is -2.38. The Morgan fingerprint density at radius 3 is 2.56 bits per heavy atom. The van der Waals surface area contributed by atoms with Crippen LogP contribution in [0, 0.1) is 0 Å². The van der Waals surface area contributed by atoms with Crippen molar-refractivity contribution in [3.63, 3.8) is 0 Å². The molecule has 2 N–H and O–H groups in total. The van der Waals surface area contributed by atoms with Crippen LogP contribution in [-0.2, 0) is 14.3 Å². The Labute approximate surface area is 97.9 Å². The average molecular weight is 232 g/mol. The van der Waals surface area contributed by atoms with Gasteiger partial charge < -0.3 is 20.1 Å². The van der Waals surface area contributed by atoms with Crippen molar-refractivity contribution in [1.82, 2.24) is 10.6 Å². The maximum absolute atomic E-state index is 11.3. The smallest absolute Gasteiger partial charge is 0.246 e. The van der Waals surface area contributed by atoms with E-state index < -0.39 is 0 Å². The zero-order valence-electron chi connectivity index (χ0n) is 10.7. The molecule has 0 aliphatic carbocycles. The molecular formula is C11H24N2O3. The summed E-state index contributed by atoms with van der Waals surface area (Å²) in [6.45, 7) is 7.96. The number of carbonyl (C=O) groups excluding carboxylic acids is 1. The molecule has 16 heavy (non-hydrogen) atoms. The molecule has 0 aliphatic rings. The lowest BCUT2D eigenvalue weighted by Gasteiger charge is -2.13. The topological polar surface area (TPSA) is 59.6 Å². The molecule has 0 saturated carbocycles. The van der Waals surface area contributed by atoms with Gasteiger partial charge in [0, 0.05) is 25.7 Å². The summed E-state index contributed by atoms with van der Waals surface area (Å²) in [5.41, 5.74) is 0. The normalized spacial score (nSPS) is 12.8. The van der Waals surface area contributed by atoms with E-state index in [1.807, 2.05) is 6.92 Å². The highest BCUT2D eigenvalue weighted by atomic mass is 16.5. The van der Waals surface area contributed by atoms with E-state index in [0.717, 1.165) is 6.54 Å². The predicted octanol–water partition coefficient (Wildman–Crippen LogP) is 0.152. The lowest BCUT2D eigenvalue weighted by atomic mass is 10.3. The SMILES string of the molecule is COCC(C)NC(=O)COCCNC(C)C. The quantitative estimate of drug-likeness (QED) is 0.556. The van der Waals surface area contributed by atoms with Crippen molar-refractivity contribution in [3.8, 4) is 0 Å². The summed E-state index contributed by atoms with van der Waals surface area (Å²) in [4.78, 5) is 11.3. The minimum absolute atomic E-state index is 0.0230. The van der Waals surface area contributed by atoms with Crippen LogP contribution in [0.15, 0.2) is 0 Å². The van der Waals surface area contributed by atoms with Crippen LogP contribution in [0.4, 0.5) is 0 Å². The van der Waals surface area contributed by atoms with Crippen LogP contribution in [0.2, 0.25) is 0 Å². The number of rotatable bonds is 9. The van der Waals surface area contributed by atoms with Gasteiger partial charge in [-0.3, -0.25) is 4.79 Å². The van der Waals surface area contributed by atoms with Crippen molar-refractivity contribution in [2.75, 3.05) is 33.5 Å². The molecule has 5 heteroatoms. The molecule has 0 aromatic carbocycles. The first-order valence-electron chi connectivity index (χ1n) is 5.65. The van der Waals surface area contributed by atoms with Crippen molar-refractivity contribution in [2.45, 2.75) is 32.9 Å². The van der Waals surface area contributed by atoms with E-state index in [0.29, 0.717) is 19.3 Å². The fourth-order valence-electron chi connectivity index (χ4n) is 1.19. The van der Waals surface area contributed by atoms with E-state index in [1.165, 1.54) is 0 Å². The largest absolute Gasteiger partial charge is 0.383 e. The van der Waals surface area contributed by atoms with E-state index in [1.54, 1.807) is 7.11 Å². The van der Waals surface area contributed by atoms with Gasteiger partial charge in [-0.15, -0.1) is 0 Å². The van der Waals surface area contributed by atoms with E-state index in [9.17, 15) is 4.79 Å². The Bertz CT molecular complexity index is 186. The highest BCUT2D eigenvalue weighted by Gasteiger charge is 2.06. The maximum Gasteiger partial charge on any atom is 0.246 e. The molecule has 0 bridgehead atoms. The Kier molecular flexibility index (Phi) is 9.18. The van der Waals surface area contributed by atoms with Gasteiger partial charge in [0.15, 0.2) is 0 Å². The number of hydrogen-bond donors (Lipinski definition) is 2. The fourth-order valence-corrected chi connectivity index (χ4v) is 1.19. The third kappa shape index (κ3) is 9.89. The first kappa shape index (κ1) is 15.3. The molecule has 0 radical (unpaired) electrons. The van der Waals surface area contributed by atoms with Crippen molar-refractivity contribution in [2.24, 2.45) is 0 Å². The zero-order valence-corrected chi connectivity index (χ0v) is 10.7. The number of nitrogens with one attached hydrogen (secondary N) is 2. The van der Waals surface area contributed by atoms with Crippen LogP contribution in [0.1, 0.15) is 20.8 Å². The maximum atomic E-state index is 11.3. The predicted molar refractivity (Wildman–Crippen MR) is 63.4 cm³/mol. The Morgan fingerprint density at radius 2 is 2.00 bits per heavy atom. The second kappa shape index (κ2) is 9.57. The summed E-state index contributed by atoms with van der Waals surface area (Å²) >= 11 is 0. The molecule has 0 saturated heterocycles. The van der Waals surface area contributed by atoms with Crippen LogP contribution in [0.5, 0.6) is 0 Å². The van der Waals surface area contributed by atoms with E-state index in [4.69, 9.17) is 9.47 Å². The van der Waals surface area contributed by atoms with Gasteiger partial charge in [0.2, 0.25) is 5.91 Å². The van der Waals surface area contributed by atoms with Crippen LogP contribution < -0.4 is 10.6 Å². The standard InChI is InChI=1S/C11H24N2O3/c1-9(2)12-5-6-16-8-11(14)13-10(3)7-15-4/h9-10,12H,5-8H2,1-4H3,(H,13,14). The van der Waals surface area contributed by atoms with E-state index in [-0.39, 0.29) is 18.6 Å². The van der Waals surface area contributed by atoms with Gasteiger partial charge in [-0.1, -0.05) is 13.8 Å². The van der Waals surface area contributed by atoms with Gasteiger partial charge in [-0.05, 0) is 6.92 Å².